The van der Waals surface area contributed by atoms with Gasteiger partial charge in [-0.05, 0) is 55.3 Å². The lowest BCUT2D eigenvalue weighted by molar-refractivity contribution is -0.123. The summed E-state index contributed by atoms with van der Waals surface area (Å²) in [5, 5.41) is 3.66. The molecule has 1 saturated carbocycles. The molecule has 0 bridgehead atoms. The minimum absolute atomic E-state index is 0.0531. The lowest BCUT2D eigenvalue weighted by atomic mass is 10.00. The number of methoxy groups -OCH3 is 2. The Morgan fingerprint density at radius 2 is 1.76 bits per heavy atom. The van der Waals surface area contributed by atoms with E-state index in [0.29, 0.717) is 27.8 Å². The number of ether oxygens (including phenoxy) is 2. The number of furan rings is 1. The van der Waals surface area contributed by atoms with Gasteiger partial charge in [0.05, 0.1) is 20.5 Å². The van der Waals surface area contributed by atoms with Crippen molar-refractivity contribution >= 4 is 29.1 Å². The van der Waals surface area contributed by atoms with Crippen LogP contribution in [0.5, 0.6) is 11.5 Å². The van der Waals surface area contributed by atoms with E-state index in [1.54, 1.807) is 54.6 Å². The highest BCUT2D eigenvalue weighted by molar-refractivity contribution is 6.30. The van der Waals surface area contributed by atoms with E-state index in [1.807, 2.05) is 0 Å². The van der Waals surface area contributed by atoms with Crippen molar-refractivity contribution in [1.29, 1.82) is 0 Å². The molecule has 0 unspecified atom stereocenters. The van der Waals surface area contributed by atoms with Gasteiger partial charge in [0.25, 0.3) is 5.91 Å². The van der Waals surface area contributed by atoms with Gasteiger partial charge in [-0.3, -0.25) is 14.5 Å². The third-order valence-electron chi connectivity index (χ3n) is 5.99. The fourth-order valence-corrected chi connectivity index (χ4v) is 4.51. The van der Waals surface area contributed by atoms with E-state index in [2.05, 4.69) is 5.32 Å². The summed E-state index contributed by atoms with van der Waals surface area (Å²) in [4.78, 5) is 29.0. The first-order valence-electron chi connectivity index (χ1n) is 11.2. The van der Waals surface area contributed by atoms with Gasteiger partial charge in [-0.2, -0.15) is 0 Å². The van der Waals surface area contributed by atoms with Gasteiger partial charge in [0.1, 0.15) is 6.04 Å². The van der Waals surface area contributed by atoms with Crippen LogP contribution in [0.25, 0.3) is 0 Å². The highest BCUT2D eigenvalue weighted by Gasteiger charge is 2.38. The Bertz CT molecular complexity index is 1120. The number of benzene rings is 2. The van der Waals surface area contributed by atoms with Crippen LogP contribution in [0.15, 0.2) is 65.3 Å². The Morgan fingerprint density at radius 3 is 2.38 bits per heavy atom. The van der Waals surface area contributed by atoms with Gasteiger partial charge in [-0.15, -0.1) is 0 Å². The zero-order valence-corrected chi connectivity index (χ0v) is 19.9. The van der Waals surface area contributed by atoms with Gasteiger partial charge in [-0.25, -0.2) is 0 Å². The molecule has 1 N–H and O–H groups in total. The fraction of sp³-hybridized carbons (Fsp3) is 0.308. The SMILES string of the molecule is COc1cccc([C@@H](C(=O)NC2CCCC2)N(C(=O)c2ccco2)c2ccc(Cl)cc2)c1OC. The highest BCUT2D eigenvalue weighted by atomic mass is 35.5. The van der Waals surface area contributed by atoms with Gasteiger partial charge in [0, 0.05) is 22.3 Å². The number of carbonyl (C=O) groups excluding carboxylic acids is 2. The predicted molar refractivity (Wildman–Crippen MR) is 130 cm³/mol. The molecule has 1 aliphatic rings. The first kappa shape index (κ1) is 23.7. The monoisotopic (exact) mass is 482 g/mol. The number of carbonyl (C=O) groups is 2. The summed E-state index contributed by atoms with van der Waals surface area (Å²) in [6, 6.07) is 14.2. The number of anilines is 1. The van der Waals surface area contributed by atoms with Crippen LogP contribution >= 0.6 is 11.6 Å². The average molecular weight is 483 g/mol. The highest BCUT2D eigenvalue weighted by Crippen LogP contribution is 2.40. The van der Waals surface area contributed by atoms with Crippen LogP contribution in [-0.4, -0.2) is 32.1 Å². The van der Waals surface area contributed by atoms with E-state index in [9.17, 15) is 9.59 Å². The molecule has 2 aromatic carbocycles. The van der Waals surface area contributed by atoms with Crippen LogP contribution in [0.1, 0.15) is 47.8 Å². The number of hydrogen-bond acceptors (Lipinski definition) is 5. The summed E-state index contributed by atoms with van der Waals surface area (Å²) in [7, 11) is 3.04. The van der Waals surface area contributed by atoms with Crippen LogP contribution in [-0.2, 0) is 4.79 Å². The van der Waals surface area contributed by atoms with Crippen molar-refractivity contribution in [2.75, 3.05) is 19.1 Å². The molecule has 178 valence electrons. The Balaban J connectivity index is 1.88. The molecule has 0 aliphatic heterocycles. The second-order valence-electron chi connectivity index (χ2n) is 8.10. The molecule has 0 saturated heterocycles. The average Bonchev–Trinajstić information content (AvgIpc) is 3.57. The van der Waals surface area contributed by atoms with Crippen LogP contribution in [0.4, 0.5) is 5.69 Å². The van der Waals surface area contributed by atoms with E-state index in [1.165, 1.54) is 25.4 Å². The van der Waals surface area contributed by atoms with Crippen molar-refractivity contribution in [3.05, 3.63) is 77.2 Å². The molecule has 1 atom stereocenters. The summed E-state index contributed by atoms with van der Waals surface area (Å²) in [6.07, 6.45) is 5.35. The van der Waals surface area contributed by atoms with Gasteiger partial charge in [-0.1, -0.05) is 36.6 Å². The van der Waals surface area contributed by atoms with Gasteiger partial charge >= 0.3 is 0 Å². The minimum Gasteiger partial charge on any atom is -0.493 e. The van der Waals surface area contributed by atoms with E-state index in [4.69, 9.17) is 25.5 Å². The van der Waals surface area contributed by atoms with Crippen molar-refractivity contribution in [3.8, 4) is 11.5 Å². The molecule has 2 amide bonds. The second-order valence-corrected chi connectivity index (χ2v) is 8.54. The van der Waals surface area contributed by atoms with E-state index >= 15 is 0 Å². The largest absolute Gasteiger partial charge is 0.493 e. The molecule has 1 fully saturated rings. The molecular weight excluding hydrogens is 456 g/mol. The Hall–Kier alpha value is -3.45. The molecule has 4 rings (SSSR count). The molecule has 8 heteroatoms. The van der Waals surface area contributed by atoms with Crippen molar-refractivity contribution in [1.82, 2.24) is 5.32 Å². The smallest absolute Gasteiger partial charge is 0.294 e. The maximum Gasteiger partial charge on any atom is 0.294 e. The molecule has 0 spiro atoms. The third-order valence-corrected chi connectivity index (χ3v) is 6.24. The second kappa shape index (κ2) is 10.7. The number of halogens is 1. The number of hydrogen-bond donors (Lipinski definition) is 1. The van der Waals surface area contributed by atoms with E-state index in [0.717, 1.165) is 25.7 Å². The van der Waals surface area contributed by atoms with Crippen molar-refractivity contribution < 1.29 is 23.5 Å². The number of rotatable bonds is 8. The van der Waals surface area contributed by atoms with Crippen LogP contribution in [0, 0.1) is 0 Å². The maximum absolute atomic E-state index is 13.9. The zero-order chi connectivity index (χ0) is 24.1. The third kappa shape index (κ3) is 4.89. The normalized spacial score (nSPS) is 14.4. The Kier molecular flexibility index (Phi) is 7.43. The summed E-state index contributed by atoms with van der Waals surface area (Å²) in [6.45, 7) is 0. The minimum atomic E-state index is -1.05. The molecule has 1 aliphatic carbocycles. The molecular formula is C26H27ClN2O5. The zero-order valence-electron chi connectivity index (χ0n) is 19.1. The number of para-hydroxylation sites is 1. The fourth-order valence-electron chi connectivity index (χ4n) is 4.38. The molecule has 7 nitrogen and oxygen atoms in total. The van der Waals surface area contributed by atoms with E-state index in [-0.39, 0.29) is 17.7 Å². The summed E-state index contributed by atoms with van der Waals surface area (Å²) < 4.78 is 16.6. The Morgan fingerprint density at radius 1 is 1.03 bits per heavy atom. The molecule has 0 radical (unpaired) electrons. The first-order chi connectivity index (χ1) is 16.5. The topological polar surface area (TPSA) is 81.0 Å². The van der Waals surface area contributed by atoms with E-state index < -0.39 is 11.9 Å². The lowest BCUT2D eigenvalue weighted by Gasteiger charge is -2.32. The van der Waals surface area contributed by atoms with Crippen LogP contribution in [0.2, 0.25) is 5.02 Å². The van der Waals surface area contributed by atoms with Crippen molar-refractivity contribution in [2.45, 2.75) is 37.8 Å². The first-order valence-corrected chi connectivity index (χ1v) is 11.5. The maximum atomic E-state index is 13.9. The lowest BCUT2D eigenvalue weighted by Crippen LogP contribution is -2.46. The van der Waals surface area contributed by atoms with Crippen LogP contribution < -0.4 is 19.7 Å². The van der Waals surface area contributed by atoms with Gasteiger partial charge in [0.15, 0.2) is 17.3 Å². The Labute approximate surface area is 203 Å². The van der Waals surface area contributed by atoms with Crippen molar-refractivity contribution in [2.24, 2.45) is 0 Å². The van der Waals surface area contributed by atoms with Gasteiger partial charge < -0.3 is 19.2 Å². The predicted octanol–water partition coefficient (Wildman–Crippen LogP) is 5.40. The quantitative estimate of drug-likeness (QED) is 0.465. The summed E-state index contributed by atoms with van der Waals surface area (Å²) in [5.41, 5.74) is 0.981. The number of nitrogens with zero attached hydrogens (tertiary/aromatic N) is 1. The van der Waals surface area contributed by atoms with Gasteiger partial charge in [0.2, 0.25) is 5.91 Å². The summed E-state index contributed by atoms with van der Waals surface area (Å²) in [5.74, 6) is 0.163. The van der Waals surface area contributed by atoms with Crippen molar-refractivity contribution in [3.63, 3.8) is 0 Å². The summed E-state index contributed by atoms with van der Waals surface area (Å²) >= 11 is 6.12. The van der Waals surface area contributed by atoms with Crippen LogP contribution in [0.3, 0.4) is 0 Å². The standard InChI is InChI=1S/C26H27ClN2O5/c1-32-21-10-5-9-20(24(21)33-2)23(25(30)28-18-7-3-4-8-18)29(19-14-12-17(27)13-15-19)26(31)22-11-6-16-34-22/h5-6,9-16,18,23H,3-4,7-8H2,1-2H3,(H,28,30)/t23-/m0/s1. The molecule has 3 aromatic rings. The molecule has 34 heavy (non-hydrogen) atoms. The number of amides is 2. The number of nitrogens with one attached hydrogen (secondary N) is 1. The molecule has 1 heterocycles. The molecule has 1 aromatic heterocycles.